The fourth-order valence-corrected chi connectivity index (χ4v) is 4.86. The first-order valence-corrected chi connectivity index (χ1v) is 13.7. The summed E-state index contributed by atoms with van der Waals surface area (Å²) in [6.45, 7) is 4.76. The van der Waals surface area contributed by atoms with E-state index >= 15 is 0 Å². The molecule has 10 nitrogen and oxygen atoms in total. The first-order chi connectivity index (χ1) is 20.3. The van der Waals surface area contributed by atoms with E-state index in [-0.39, 0.29) is 19.1 Å². The second-order valence-electron chi connectivity index (χ2n) is 10.4. The Kier molecular flexibility index (Phi) is 8.44. The number of hydrogen-bond donors (Lipinski definition) is 1. The van der Waals surface area contributed by atoms with E-state index in [1.54, 1.807) is 22.4 Å². The summed E-state index contributed by atoms with van der Waals surface area (Å²) in [5, 5.41) is 14.4. The van der Waals surface area contributed by atoms with Gasteiger partial charge in [-0.1, -0.05) is 38.1 Å². The van der Waals surface area contributed by atoms with Crippen molar-refractivity contribution in [3.05, 3.63) is 99.2 Å². The summed E-state index contributed by atoms with van der Waals surface area (Å²) in [5.41, 5.74) is 1.66. The first kappa shape index (κ1) is 28.7. The molecule has 5 rings (SSSR count). The molecule has 0 radical (unpaired) electrons. The SMILES string of the molecule is COc1ccc(Oc2cccc(Cn3nc4c(c3-c3cccc(OCCO)c3)c(=O)n(C)c(=O)n4CC(C)C)c2)cc1. The van der Waals surface area contributed by atoms with Gasteiger partial charge < -0.3 is 19.3 Å². The number of methoxy groups -OCH3 is 1. The zero-order chi connectivity index (χ0) is 29.8. The lowest BCUT2D eigenvalue weighted by Crippen LogP contribution is -2.38. The van der Waals surface area contributed by atoms with Crippen molar-refractivity contribution in [2.75, 3.05) is 20.3 Å². The van der Waals surface area contributed by atoms with Crippen LogP contribution in [0.1, 0.15) is 19.4 Å². The molecule has 0 fully saturated rings. The molecule has 0 atom stereocenters. The lowest BCUT2D eigenvalue weighted by Gasteiger charge is -2.12. The Morgan fingerprint density at radius 3 is 2.33 bits per heavy atom. The minimum absolute atomic E-state index is 0.123. The Labute approximate surface area is 242 Å². The Hall–Kier alpha value is -4.83. The van der Waals surface area contributed by atoms with Crippen molar-refractivity contribution in [2.24, 2.45) is 13.0 Å². The van der Waals surface area contributed by atoms with Crippen LogP contribution in [0.3, 0.4) is 0 Å². The quantitative estimate of drug-likeness (QED) is 0.250. The molecule has 0 unspecified atom stereocenters. The highest BCUT2D eigenvalue weighted by Gasteiger charge is 2.23. The number of aromatic nitrogens is 4. The topological polar surface area (TPSA) is 110 Å². The van der Waals surface area contributed by atoms with E-state index in [0.29, 0.717) is 52.6 Å². The van der Waals surface area contributed by atoms with E-state index in [1.165, 1.54) is 7.05 Å². The van der Waals surface area contributed by atoms with E-state index < -0.39 is 11.2 Å². The molecule has 0 aliphatic carbocycles. The summed E-state index contributed by atoms with van der Waals surface area (Å²) in [6, 6.07) is 22.3. The maximum absolute atomic E-state index is 13.6. The number of rotatable bonds is 11. The maximum atomic E-state index is 13.6. The predicted octanol–water partition coefficient (Wildman–Crippen LogP) is 4.44. The third-order valence-electron chi connectivity index (χ3n) is 6.77. The third kappa shape index (κ3) is 5.94. The molecule has 3 aromatic carbocycles. The highest BCUT2D eigenvalue weighted by atomic mass is 16.5. The molecule has 0 amide bonds. The summed E-state index contributed by atoms with van der Waals surface area (Å²) in [5.74, 6) is 2.74. The zero-order valence-corrected chi connectivity index (χ0v) is 24.1. The van der Waals surface area contributed by atoms with Crippen molar-refractivity contribution in [3.8, 4) is 34.3 Å². The van der Waals surface area contributed by atoms with Gasteiger partial charge in [0, 0.05) is 19.2 Å². The van der Waals surface area contributed by atoms with Gasteiger partial charge >= 0.3 is 5.69 Å². The van der Waals surface area contributed by atoms with Crippen LogP contribution >= 0.6 is 0 Å². The number of fused-ring (bicyclic) bond motifs is 1. The molecule has 0 aliphatic rings. The van der Waals surface area contributed by atoms with E-state index in [2.05, 4.69) is 0 Å². The van der Waals surface area contributed by atoms with E-state index in [4.69, 9.17) is 19.3 Å². The lowest BCUT2D eigenvalue weighted by molar-refractivity contribution is 0.201. The molecule has 0 aliphatic heterocycles. The second-order valence-corrected chi connectivity index (χ2v) is 10.4. The normalized spacial score (nSPS) is 11.3. The van der Waals surface area contributed by atoms with Gasteiger partial charge in [0.05, 0.1) is 26.0 Å². The van der Waals surface area contributed by atoms with Crippen molar-refractivity contribution in [2.45, 2.75) is 26.9 Å². The van der Waals surface area contributed by atoms with Gasteiger partial charge in [0.15, 0.2) is 5.65 Å². The Morgan fingerprint density at radius 1 is 0.905 bits per heavy atom. The van der Waals surface area contributed by atoms with Gasteiger partial charge in [-0.2, -0.15) is 5.10 Å². The van der Waals surface area contributed by atoms with Crippen molar-refractivity contribution in [1.82, 2.24) is 18.9 Å². The minimum atomic E-state index is -0.422. The van der Waals surface area contributed by atoms with Crippen LogP contribution in [0.25, 0.3) is 22.3 Å². The molecule has 0 spiro atoms. The molecular weight excluding hydrogens is 536 g/mol. The number of aliphatic hydroxyl groups is 1. The molecule has 42 heavy (non-hydrogen) atoms. The summed E-state index contributed by atoms with van der Waals surface area (Å²) < 4.78 is 21.4. The van der Waals surface area contributed by atoms with Gasteiger partial charge in [0.2, 0.25) is 0 Å². The molecule has 10 heteroatoms. The molecule has 2 aromatic heterocycles. The van der Waals surface area contributed by atoms with Crippen molar-refractivity contribution in [1.29, 1.82) is 0 Å². The predicted molar refractivity (Wildman–Crippen MR) is 161 cm³/mol. The van der Waals surface area contributed by atoms with Gasteiger partial charge in [-0.15, -0.1) is 0 Å². The van der Waals surface area contributed by atoms with Crippen LogP contribution < -0.4 is 25.5 Å². The average Bonchev–Trinajstić information content (AvgIpc) is 3.36. The number of ether oxygens (including phenoxy) is 3. The molecule has 0 bridgehead atoms. The second kappa shape index (κ2) is 12.4. The van der Waals surface area contributed by atoms with E-state index in [1.807, 2.05) is 80.6 Å². The van der Waals surface area contributed by atoms with Crippen molar-refractivity contribution in [3.63, 3.8) is 0 Å². The number of aliphatic hydroxyl groups excluding tert-OH is 1. The van der Waals surface area contributed by atoms with Crippen LogP contribution in [0, 0.1) is 5.92 Å². The molecule has 1 N–H and O–H groups in total. The molecule has 218 valence electrons. The zero-order valence-electron chi connectivity index (χ0n) is 24.1. The molecule has 0 saturated carbocycles. The highest BCUT2D eigenvalue weighted by molar-refractivity contribution is 5.91. The molecule has 5 aromatic rings. The Bertz CT molecular complexity index is 1820. The fraction of sp³-hybridized carbons (Fsp3) is 0.281. The number of nitrogens with zero attached hydrogens (tertiary/aromatic N) is 4. The molecule has 2 heterocycles. The monoisotopic (exact) mass is 570 g/mol. The van der Waals surface area contributed by atoms with Gasteiger partial charge in [-0.25, -0.2) is 4.79 Å². The van der Waals surface area contributed by atoms with Crippen LogP contribution in [0.2, 0.25) is 0 Å². The lowest BCUT2D eigenvalue weighted by atomic mass is 10.1. The standard InChI is InChI=1S/C32H34N4O6/c1-21(2)19-35-30-28(31(38)34(3)32(35)39)29(23-8-6-9-26(18-23)41-16-15-37)36(33-30)20-22-7-5-10-27(17-22)42-25-13-11-24(40-4)12-14-25/h5-14,17-18,21,37H,15-16,19-20H2,1-4H3. The number of benzene rings is 3. The van der Waals surface area contributed by atoms with Crippen molar-refractivity contribution < 1.29 is 19.3 Å². The Balaban J connectivity index is 1.63. The minimum Gasteiger partial charge on any atom is -0.497 e. The maximum Gasteiger partial charge on any atom is 0.332 e. The number of hydrogen-bond acceptors (Lipinski definition) is 7. The molecule has 0 saturated heterocycles. The van der Waals surface area contributed by atoms with Crippen LogP contribution in [0.4, 0.5) is 0 Å². The van der Waals surface area contributed by atoms with Gasteiger partial charge in [0.1, 0.15) is 35.0 Å². The van der Waals surface area contributed by atoms with Gasteiger partial charge in [-0.05, 0) is 60.0 Å². The smallest absolute Gasteiger partial charge is 0.332 e. The Morgan fingerprint density at radius 2 is 1.62 bits per heavy atom. The molecular formula is C32H34N4O6. The third-order valence-corrected chi connectivity index (χ3v) is 6.77. The van der Waals surface area contributed by atoms with E-state index in [9.17, 15) is 14.7 Å². The van der Waals surface area contributed by atoms with Gasteiger partial charge in [-0.3, -0.25) is 18.6 Å². The average molecular weight is 571 g/mol. The fourth-order valence-electron chi connectivity index (χ4n) is 4.86. The van der Waals surface area contributed by atoms with Crippen LogP contribution in [0.15, 0.2) is 82.4 Å². The van der Waals surface area contributed by atoms with Crippen LogP contribution in [-0.4, -0.2) is 44.3 Å². The first-order valence-electron chi connectivity index (χ1n) is 13.7. The largest absolute Gasteiger partial charge is 0.497 e. The highest BCUT2D eigenvalue weighted by Crippen LogP contribution is 2.31. The van der Waals surface area contributed by atoms with Crippen molar-refractivity contribution >= 4 is 11.0 Å². The van der Waals surface area contributed by atoms with Gasteiger partial charge in [0.25, 0.3) is 5.56 Å². The van der Waals surface area contributed by atoms with Crippen LogP contribution in [0.5, 0.6) is 23.0 Å². The summed E-state index contributed by atoms with van der Waals surface area (Å²) in [6.07, 6.45) is 0. The summed E-state index contributed by atoms with van der Waals surface area (Å²) >= 11 is 0. The van der Waals surface area contributed by atoms with Crippen LogP contribution in [-0.2, 0) is 20.1 Å². The summed E-state index contributed by atoms with van der Waals surface area (Å²) in [7, 11) is 3.10. The summed E-state index contributed by atoms with van der Waals surface area (Å²) in [4.78, 5) is 26.8. The van der Waals surface area contributed by atoms with E-state index in [0.717, 1.165) is 15.9 Å².